The Morgan fingerprint density at radius 1 is 1.44 bits per heavy atom. The van der Waals surface area contributed by atoms with E-state index in [1.54, 1.807) is 18.9 Å². The van der Waals surface area contributed by atoms with E-state index >= 15 is 0 Å². The number of nitrogens with zero attached hydrogens (tertiary/aromatic N) is 3. The lowest BCUT2D eigenvalue weighted by molar-refractivity contribution is -0.135. The number of fused-ring (bicyclic) bond motifs is 1. The van der Waals surface area contributed by atoms with Gasteiger partial charge in [0.15, 0.2) is 0 Å². The fourth-order valence-corrected chi connectivity index (χ4v) is 4.06. The average Bonchev–Trinajstić information content (AvgIpc) is 3.15. The first-order chi connectivity index (χ1) is 13.1. The van der Waals surface area contributed by atoms with Crippen LogP contribution < -0.4 is 10.5 Å². The molecule has 0 radical (unpaired) electrons. The normalized spacial score (nSPS) is 17.5. The van der Waals surface area contributed by atoms with Crippen LogP contribution in [0.4, 0.5) is 0 Å². The van der Waals surface area contributed by atoms with Gasteiger partial charge in [0.05, 0.1) is 24.9 Å². The molecule has 0 saturated heterocycles. The van der Waals surface area contributed by atoms with Crippen LogP contribution in [0.15, 0.2) is 30.5 Å². The predicted molar refractivity (Wildman–Crippen MR) is 113 cm³/mol. The number of hydrogen-bond acceptors (Lipinski definition) is 6. The highest BCUT2D eigenvalue weighted by atomic mass is 32.2. The number of carbonyl (C=O) groups excluding carboxylic acids is 1. The van der Waals surface area contributed by atoms with Crippen molar-refractivity contribution in [1.29, 1.82) is 0 Å². The number of hydrogen-bond donors (Lipinski definition) is 2. The molecule has 8 heteroatoms. The lowest BCUT2D eigenvalue weighted by Crippen LogP contribution is -2.50. The number of imidazole rings is 1. The zero-order valence-electron chi connectivity index (χ0n) is 15.7. The van der Waals surface area contributed by atoms with Crippen molar-refractivity contribution in [2.45, 2.75) is 25.0 Å². The van der Waals surface area contributed by atoms with Gasteiger partial charge in [0.25, 0.3) is 0 Å². The fourth-order valence-electron chi connectivity index (χ4n) is 3.44. The summed E-state index contributed by atoms with van der Waals surface area (Å²) in [5.74, 6) is 2.94. The molecule has 0 bridgehead atoms. The molecule has 1 aromatic carbocycles. The SMILES string of the molecule is COc1ccccc1-c1cn2c(n1)[C@H](CCSC)N(C(=O)[C@@H](N)CS)CC2. The molecule has 1 amide bonds. The van der Waals surface area contributed by atoms with Gasteiger partial charge in [-0.1, -0.05) is 12.1 Å². The minimum Gasteiger partial charge on any atom is -0.496 e. The number of amides is 1. The number of benzene rings is 1. The average molecular weight is 407 g/mol. The molecule has 0 aliphatic carbocycles. The maximum Gasteiger partial charge on any atom is 0.241 e. The Hall–Kier alpha value is -1.64. The second kappa shape index (κ2) is 9.03. The summed E-state index contributed by atoms with van der Waals surface area (Å²) in [6.45, 7) is 1.34. The number of ether oxygens (including phenoxy) is 1. The first-order valence-corrected chi connectivity index (χ1v) is 11.0. The van der Waals surface area contributed by atoms with Crippen molar-refractivity contribution in [2.75, 3.05) is 31.4 Å². The van der Waals surface area contributed by atoms with Crippen molar-refractivity contribution in [3.05, 3.63) is 36.3 Å². The second-order valence-electron chi connectivity index (χ2n) is 6.50. The number of rotatable bonds is 7. The quantitative estimate of drug-likeness (QED) is 0.691. The van der Waals surface area contributed by atoms with Crippen LogP contribution in [0.3, 0.4) is 0 Å². The van der Waals surface area contributed by atoms with E-state index in [0.29, 0.717) is 18.8 Å². The summed E-state index contributed by atoms with van der Waals surface area (Å²) < 4.78 is 7.64. The van der Waals surface area contributed by atoms with Crippen LogP contribution in [0.25, 0.3) is 11.3 Å². The first kappa shape index (κ1) is 20.1. The Bertz CT molecular complexity index is 796. The van der Waals surface area contributed by atoms with Gasteiger partial charge in [-0.25, -0.2) is 4.98 Å². The van der Waals surface area contributed by atoms with Crippen LogP contribution in [-0.2, 0) is 11.3 Å². The zero-order valence-corrected chi connectivity index (χ0v) is 17.4. The Morgan fingerprint density at radius 3 is 2.93 bits per heavy atom. The summed E-state index contributed by atoms with van der Waals surface area (Å²) in [5, 5.41) is 0. The zero-order chi connectivity index (χ0) is 19.4. The Kier molecular flexibility index (Phi) is 6.73. The Morgan fingerprint density at radius 2 is 2.22 bits per heavy atom. The fraction of sp³-hybridized carbons (Fsp3) is 0.474. The molecule has 0 fully saturated rings. The third-order valence-corrected chi connectivity index (χ3v) is 5.88. The standard InChI is InChI=1S/C19H26N4O2S2/c1-25-17-6-4-3-5-13(17)15-11-22-8-9-23(19(24)14(20)12-26)16(7-10-27-2)18(22)21-15/h3-6,11,14,16,26H,7-10,12,20H2,1-2H3/t14-,16-/m0/s1. The number of methoxy groups -OCH3 is 1. The van der Waals surface area contributed by atoms with Crippen molar-refractivity contribution in [3.63, 3.8) is 0 Å². The maximum atomic E-state index is 12.8. The molecule has 146 valence electrons. The highest BCUT2D eigenvalue weighted by molar-refractivity contribution is 7.98. The molecule has 0 saturated carbocycles. The summed E-state index contributed by atoms with van der Waals surface area (Å²) in [6, 6.07) is 7.19. The van der Waals surface area contributed by atoms with Crippen LogP contribution in [0.5, 0.6) is 5.75 Å². The van der Waals surface area contributed by atoms with E-state index in [-0.39, 0.29) is 11.9 Å². The van der Waals surface area contributed by atoms with Crippen molar-refractivity contribution in [3.8, 4) is 17.0 Å². The summed E-state index contributed by atoms with van der Waals surface area (Å²) in [6.07, 6.45) is 4.97. The van der Waals surface area contributed by atoms with Crippen molar-refractivity contribution in [1.82, 2.24) is 14.5 Å². The van der Waals surface area contributed by atoms with Crippen LogP contribution in [0.1, 0.15) is 18.3 Å². The molecular formula is C19H26N4O2S2. The van der Waals surface area contributed by atoms with Gasteiger partial charge in [0.1, 0.15) is 11.6 Å². The molecule has 0 unspecified atom stereocenters. The van der Waals surface area contributed by atoms with Crippen LogP contribution >= 0.6 is 24.4 Å². The molecule has 2 atom stereocenters. The first-order valence-electron chi connectivity index (χ1n) is 8.97. The van der Waals surface area contributed by atoms with Crippen molar-refractivity contribution >= 4 is 30.3 Å². The summed E-state index contributed by atoms with van der Waals surface area (Å²) in [7, 11) is 1.66. The largest absolute Gasteiger partial charge is 0.496 e. The molecule has 2 N–H and O–H groups in total. The van der Waals surface area contributed by atoms with E-state index in [9.17, 15) is 4.79 Å². The molecule has 2 aromatic rings. The minimum absolute atomic E-state index is 0.0517. The number of thiol groups is 1. The van der Waals surface area contributed by atoms with Gasteiger partial charge in [-0.3, -0.25) is 4.79 Å². The molecule has 1 aliphatic heterocycles. The summed E-state index contributed by atoms with van der Waals surface area (Å²) >= 11 is 5.96. The van der Waals surface area contributed by atoms with E-state index < -0.39 is 6.04 Å². The predicted octanol–water partition coefficient (Wildman–Crippen LogP) is 2.45. The summed E-state index contributed by atoms with van der Waals surface area (Å²) in [5.41, 5.74) is 7.80. The highest BCUT2D eigenvalue weighted by Crippen LogP contribution is 2.34. The maximum absolute atomic E-state index is 12.8. The number of aromatic nitrogens is 2. The second-order valence-corrected chi connectivity index (χ2v) is 7.85. The highest BCUT2D eigenvalue weighted by Gasteiger charge is 2.34. The van der Waals surface area contributed by atoms with Crippen molar-refractivity contribution < 1.29 is 9.53 Å². The lowest BCUT2D eigenvalue weighted by atomic mass is 10.1. The molecule has 1 aromatic heterocycles. The van der Waals surface area contributed by atoms with E-state index in [1.165, 1.54) is 0 Å². The number of nitrogens with two attached hydrogens (primary N) is 1. The topological polar surface area (TPSA) is 73.4 Å². The van der Waals surface area contributed by atoms with Gasteiger partial charge >= 0.3 is 0 Å². The third-order valence-electron chi connectivity index (χ3n) is 4.84. The molecule has 6 nitrogen and oxygen atoms in total. The van der Waals surface area contributed by atoms with Gasteiger partial charge in [-0.2, -0.15) is 24.4 Å². The van der Waals surface area contributed by atoms with Crippen molar-refractivity contribution in [2.24, 2.45) is 5.73 Å². The van der Waals surface area contributed by atoms with Gasteiger partial charge in [-0.15, -0.1) is 0 Å². The smallest absolute Gasteiger partial charge is 0.241 e. The Labute approximate surface area is 169 Å². The van der Waals surface area contributed by atoms with E-state index in [4.69, 9.17) is 15.5 Å². The molecule has 0 spiro atoms. The van der Waals surface area contributed by atoms with E-state index in [0.717, 1.165) is 35.0 Å². The third kappa shape index (κ3) is 4.12. The number of carbonyl (C=O) groups is 1. The van der Waals surface area contributed by atoms with Gasteiger partial charge in [-0.05, 0) is 30.6 Å². The monoisotopic (exact) mass is 406 g/mol. The van der Waals surface area contributed by atoms with Gasteiger partial charge < -0.3 is 19.9 Å². The number of para-hydroxylation sites is 1. The summed E-state index contributed by atoms with van der Waals surface area (Å²) in [4.78, 5) is 19.6. The van der Waals surface area contributed by atoms with Gasteiger partial charge in [0.2, 0.25) is 5.91 Å². The number of thioether (sulfide) groups is 1. The van der Waals surface area contributed by atoms with Gasteiger partial charge in [0, 0.05) is 30.6 Å². The molecule has 2 heterocycles. The molecule has 27 heavy (non-hydrogen) atoms. The minimum atomic E-state index is -0.583. The van der Waals surface area contributed by atoms with E-state index in [2.05, 4.69) is 29.6 Å². The molecule has 1 aliphatic rings. The molecule has 3 rings (SSSR count). The Balaban J connectivity index is 1.98. The van der Waals surface area contributed by atoms with E-state index in [1.807, 2.05) is 29.2 Å². The molecular weight excluding hydrogens is 380 g/mol. The van der Waals surface area contributed by atoms with Crippen LogP contribution in [0.2, 0.25) is 0 Å². The van der Waals surface area contributed by atoms with Crippen LogP contribution in [-0.4, -0.2) is 57.8 Å². The van der Waals surface area contributed by atoms with Crippen LogP contribution in [0, 0.1) is 0 Å². The lowest BCUT2D eigenvalue weighted by Gasteiger charge is -2.37.